The maximum Gasteiger partial charge on any atom is 0.282 e. The van der Waals surface area contributed by atoms with Crippen LogP contribution in [0.4, 0.5) is 0 Å². The number of morpholine rings is 2. The zero-order valence-corrected chi connectivity index (χ0v) is 14.0. The van der Waals surface area contributed by atoms with Crippen LogP contribution in [-0.4, -0.2) is 69.1 Å². The molecule has 2 rings (SSSR count). The van der Waals surface area contributed by atoms with Crippen LogP contribution >= 0.6 is 0 Å². The van der Waals surface area contributed by atoms with E-state index in [1.54, 1.807) is 4.31 Å². The molecule has 0 unspecified atom stereocenters. The van der Waals surface area contributed by atoms with Gasteiger partial charge in [0.1, 0.15) is 0 Å². The fraction of sp³-hybridized carbons (Fsp3) is 1.00. The molecule has 0 aromatic rings. The SMILES string of the molecule is CC(C)CCC[C@@H]1CN(S(=O)(=O)N2CCOCC2)CCO1. The molecule has 2 heterocycles. The lowest BCUT2D eigenvalue weighted by atomic mass is 10.0. The second-order valence-corrected chi connectivity index (χ2v) is 8.12. The average molecular weight is 320 g/mol. The lowest BCUT2D eigenvalue weighted by Gasteiger charge is -2.36. The number of nitrogens with zero attached hydrogens (tertiary/aromatic N) is 2. The van der Waals surface area contributed by atoms with E-state index in [4.69, 9.17) is 9.47 Å². The van der Waals surface area contributed by atoms with E-state index in [1.165, 1.54) is 4.31 Å². The van der Waals surface area contributed by atoms with Gasteiger partial charge in [0, 0.05) is 26.2 Å². The summed E-state index contributed by atoms with van der Waals surface area (Å²) >= 11 is 0. The molecule has 124 valence electrons. The molecule has 7 heteroatoms. The van der Waals surface area contributed by atoms with Gasteiger partial charge in [-0.05, 0) is 12.3 Å². The third kappa shape index (κ3) is 4.89. The predicted octanol–water partition coefficient (Wildman–Crippen LogP) is 1.09. The second-order valence-electron chi connectivity index (χ2n) is 6.19. The van der Waals surface area contributed by atoms with Crippen LogP contribution in [0, 0.1) is 5.92 Å². The summed E-state index contributed by atoms with van der Waals surface area (Å²) in [5, 5.41) is 0. The normalized spacial score (nSPS) is 26.3. The molecule has 0 radical (unpaired) electrons. The van der Waals surface area contributed by atoms with E-state index >= 15 is 0 Å². The molecule has 0 bridgehead atoms. The standard InChI is InChI=1S/C14H28N2O4S/c1-13(2)4-3-5-14-12-16(8-11-20-14)21(17,18)15-6-9-19-10-7-15/h13-14H,3-12H2,1-2H3/t14-/m1/s1. The van der Waals surface area contributed by atoms with Crippen LogP contribution in [0.3, 0.4) is 0 Å². The van der Waals surface area contributed by atoms with Crippen molar-refractivity contribution in [3.05, 3.63) is 0 Å². The minimum atomic E-state index is -3.35. The first kappa shape index (κ1) is 17.1. The Kier molecular flexibility index (Phi) is 6.43. The first-order valence-electron chi connectivity index (χ1n) is 7.94. The summed E-state index contributed by atoms with van der Waals surface area (Å²) in [5.74, 6) is 0.682. The Hall–Kier alpha value is -0.210. The first-order chi connectivity index (χ1) is 10.00. The lowest BCUT2D eigenvalue weighted by Crippen LogP contribution is -2.53. The molecule has 0 aliphatic carbocycles. The number of rotatable bonds is 6. The van der Waals surface area contributed by atoms with Crippen molar-refractivity contribution in [2.45, 2.75) is 39.2 Å². The van der Waals surface area contributed by atoms with E-state index in [2.05, 4.69) is 13.8 Å². The van der Waals surface area contributed by atoms with Crippen LogP contribution < -0.4 is 0 Å². The van der Waals surface area contributed by atoms with Crippen molar-refractivity contribution in [1.82, 2.24) is 8.61 Å². The fourth-order valence-electron chi connectivity index (χ4n) is 2.77. The van der Waals surface area contributed by atoms with Crippen molar-refractivity contribution in [2.24, 2.45) is 5.92 Å². The Labute approximate surface area is 128 Å². The Morgan fingerprint density at radius 3 is 2.43 bits per heavy atom. The highest BCUT2D eigenvalue weighted by atomic mass is 32.2. The van der Waals surface area contributed by atoms with Crippen LogP contribution in [0.1, 0.15) is 33.1 Å². The minimum Gasteiger partial charge on any atom is -0.379 e. The molecular formula is C14H28N2O4S. The summed E-state index contributed by atoms with van der Waals surface area (Å²) in [6, 6.07) is 0. The van der Waals surface area contributed by atoms with E-state index in [0.717, 1.165) is 19.3 Å². The van der Waals surface area contributed by atoms with Gasteiger partial charge in [-0.1, -0.05) is 26.7 Å². The van der Waals surface area contributed by atoms with Gasteiger partial charge in [0.2, 0.25) is 0 Å². The van der Waals surface area contributed by atoms with Crippen LogP contribution in [-0.2, 0) is 19.7 Å². The first-order valence-corrected chi connectivity index (χ1v) is 9.34. The van der Waals surface area contributed by atoms with Crippen molar-refractivity contribution in [1.29, 1.82) is 0 Å². The van der Waals surface area contributed by atoms with E-state index < -0.39 is 10.2 Å². The Morgan fingerprint density at radius 2 is 1.76 bits per heavy atom. The summed E-state index contributed by atoms with van der Waals surface area (Å²) in [6.45, 7) is 7.74. The van der Waals surface area contributed by atoms with Gasteiger partial charge in [-0.25, -0.2) is 0 Å². The third-order valence-electron chi connectivity index (χ3n) is 4.03. The maximum atomic E-state index is 12.6. The van der Waals surface area contributed by atoms with Crippen LogP contribution in [0.5, 0.6) is 0 Å². The monoisotopic (exact) mass is 320 g/mol. The van der Waals surface area contributed by atoms with Crippen molar-refractivity contribution in [3.63, 3.8) is 0 Å². The summed E-state index contributed by atoms with van der Waals surface area (Å²) in [6.07, 6.45) is 3.23. The van der Waals surface area contributed by atoms with Gasteiger partial charge in [0.15, 0.2) is 0 Å². The molecule has 21 heavy (non-hydrogen) atoms. The molecule has 2 fully saturated rings. The number of hydrogen-bond donors (Lipinski definition) is 0. The van der Waals surface area contributed by atoms with E-state index in [-0.39, 0.29) is 6.10 Å². The van der Waals surface area contributed by atoms with E-state index in [1.807, 2.05) is 0 Å². The molecule has 2 saturated heterocycles. The molecule has 0 saturated carbocycles. The Balaban J connectivity index is 1.87. The average Bonchev–Trinajstić information content (AvgIpc) is 2.48. The highest BCUT2D eigenvalue weighted by Gasteiger charge is 2.34. The fourth-order valence-corrected chi connectivity index (χ4v) is 4.37. The molecule has 2 aliphatic rings. The molecule has 2 aliphatic heterocycles. The lowest BCUT2D eigenvalue weighted by molar-refractivity contribution is -0.0104. The third-order valence-corrected chi connectivity index (χ3v) is 6.03. The van der Waals surface area contributed by atoms with Crippen molar-refractivity contribution < 1.29 is 17.9 Å². The summed E-state index contributed by atoms with van der Waals surface area (Å²) in [7, 11) is -3.35. The van der Waals surface area contributed by atoms with Crippen LogP contribution in [0.15, 0.2) is 0 Å². The van der Waals surface area contributed by atoms with Crippen molar-refractivity contribution in [2.75, 3.05) is 46.0 Å². The molecule has 0 aromatic carbocycles. The maximum absolute atomic E-state index is 12.6. The Bertz CT molecular complexity index is 407. The molecule has 6 nitrogen and oxygen atoms in total. The van der Waals surface area contributed by atoms with Gasteiger partial charge in [-0.2, -0.15) is 17.0 Å². The topological polar surface area (TPSA) is 59.1 Å². The summed E-state index contributed by atoms with van der Waals surface area (Å²) in [4.78, 5) is 0. The van der Waals surface area contributed by atoms with Crippen molar-refractivity contribution in [3.8, 4) is 0 Å². The van der Waals surface area contributed by atoms with E-state index in [0.29, 0.717) is 51.9 Å². The second kappa shape index (κ2) is 7.87. The van der Waals surface area contributed by atoms with Gasteiger partial charge in [0.25, 0.3) is 10.2 Å². The van der Waals surface area contributed by atoms with Crippen LogP contribution in [0.25, 0.3) is 0 Å². The molecule has 0 N–H and O–H groups in total. The Morgan fingerprint density at radius 1 is 1.10 bits per heavy atom. The smallest absolute Gasteiger partial charge is 0.282 e. The molecule has 1 atom stereocenters. The predicted molar refractivity (Wildman–Crippen MR) is 81.3 cm³/mol. The molecule has 0 aromatic heterocycles. The van der Waals surface area contributed by atoms with Crippen molar-refractivity contribution >= 4 is 10.2 Å². The number of ether oxygens (including phenoxy) is 2. The van der Waals surface area contributed by atoms with Gasteiger partial charge in [0.05, 0.1) is 25.9 Å². The van der Waals surface area contributed by atoms with Gasteiger partial charge in [-0.15, -0.1) is 0 Å². The highest BCUT2D eigenvalue weighted by Crippen LogP contribution is 2.19. The minimum absolute atomic E-state index is 0.0355. The number of hydrogen-bond acceptors (Lipinski definition) is 4. The molecular weight excluding hydrogens is 292 g/mol. The van der Waals surface area contributed by atoms with Gasteiger partial charge >= 0.3 is 0 Å². The molecule has 0 spiro atoms. The summed E-state index contributed by atoms with van der Waals surface area (Å²) < 4.78 is 39.3. The zero-order valence-electron chi connectivity index (χ0n) is 13.2. The van der Waals surface area contributed by atoms with Crippen LogP contribution in [0.2, 0.25) is 0 Å². The summed E-state index contributed by atoms with van der Waals surface area (Å²) in [5.41, 5.74) is 0. The van der Waals surface area contributed by atoms with Gasteiger partial charge < -0.3 is 9.47 Å². The molecule has 0 amide bonds. The highest BCUT2D eigenvalue weighted by molar-refractivity contribution is 7.86. The quantitative estimate of drug-likeness (QED) is 0.735. The van der Waals surface area contributed by atoms with E-state index in [9.17, 15) is 8.42 Å². The zero-order chi connectivity index (χ0) is 15.3. The van der Waals surface area contributed by atoms with Gasteiger partial charge in [-0.3, -0.25) is 0 Å². The largest absolute Gasteiger partial charge is 0.379 e.